The zero-order valence-corrected chi connectivity index (χ0v) is 12.9. The minimum absolute atomic E-state index is 0.731. The molecule has 1 atom stereocenters. The molecule has 2 aliphatic rings. The number of nitrogens with one attached hydrogen (secondary N) is 1. The maximum absolute atomic E-state index is 3.55. The molecule has 2 aromatic rings. The Labute approximate surface area is 127 Å². The summed E-state index contributed by atoms with van der Waals surface area (Å²) in [5.74, 6) is 0.731. The highest BCUT2D eigenvalue weighted by atomic mass is 79.9. The van der Waals surface area contributed by atoms with E-state index in [4.69, 9.17) is 0 Å². The first kappa shape index (κ1) is 12.3. The van der Waals surface area contributed by atoms with Crippen molar-refractivity contribution in [3.63, 3.8) is 0 Å². The van der Waals surface area contributed by atoms with Crippen LogP contribution in [0.15, 0.2) is 46.9 Å². The number of halogens is 1. The highest BCUT2D eigenvalue weighted by Crippen LogP contribution is 2.46. The lowest BCUT2D eigenvalue weighted by molar-refractivity contribution is 0.561. The van der Waals surface area contributed by atoms with Gasteiger partial charge in [-0.05, 0) is 55.2 Å². The van der Waals surface area contributed by atoms with Crippen molar-refractivity contribution in [2.75, 3.05) is 23.3 Å². The average molecular weight is 329 g/mol. The lowest BCUT2D eigenvalue weighted by Gasteiger charge is -2.39. The van der Waals surface area contributed by atoms with Crippen LogP contribution in [0.25, 0.3) is 0 Å². The summed E-state index contributed by atoms with van der Waals surface area (Å²) >= 11 is 3.51. The Morgan fingerprint density at radius 1 is 1.05 bits per heavy atom. The van der Waals surface area contributed by atoms with Gasteiger partial charge in [-0.3, -0.25) is 0 Å². The SMILES string of the molecule is Brc1ccc(N2CCC3CCNc4cccc2c43)cc1. The van der Waals surface area contributed by atoms with Gasteiger partial charge in [0.2, 0.25) is 0 Å². The Morgan fingerprint density at radius 2 is 1.90 bits per heavy atom. The van der Waals surface area contributed by atoms with E-state index in [1.807, 2.05) is 0 Å². The first-order valence-electron chi connectivity index (χ1n) is 7.23. The summed E-state index contributed by atoms with van der Waals surface area (Å²) in [6.07, 6.45) is 2.51. The normalized spacial score (nSPS) is 20.2. The fourth-order valence-corrected chi connectivity index (χ4v) is 3.74. The number of nitrogens with zero attached hydrogens (tertiary/aromatic N) is 1. The van der Waals surface area contributed by atoms with Crippen LogP contribution in [0.5, 0.6) is 0 Å². The molecule has 2 nitrogen and oxygen atoms in total. The summed E-state index contributed by atoms with van der Waals surface area (Å²) < 4.78 is 1.13. The first-order valence-corrected chi connectivity index (χ1v) is 8.02. The fourth-order valence-electron chi connectivity index (χ4n) is 3.48. The second-order valence-electron chi connectivity index (χ2n) is 5.57. The number of anilines is 3. The Balaban J connectivity index is 1.82. The van der Waals surface area contributed by atoms with Crippen LogP contribution >= 0.6 is 15.9 Å². The predicted octanol–water partition coefficient (Wildman–Crippen LogP) is 4.89. The van der Waals surface area contributed by atoms with E-state index >= 15 is 0 Å². The van der Waals surface area contributed by atoms with E-state index in [-0.39, 0.29) is 0 Å². The zero-order chi connectivity index (χ0) is 13.5. The maximum Gasteiger partial charge on any atom is 0.0466 e. The van der Waals surface area contributed by atoms with E-state index in [0.29, 0.717) is 0 Å². The summed E-state index contributed by atoms with van der Waals surface area (Å²) in [6.45, 7) is 2.22. The van der Waals surface area contributed by atoms with Gasteiger partial charge in [-0.2, -0.15) is 0 Å². The van der Waals surface area contributed by atoms with E-state index in [1.54, 1.807) is 0 Å². The van der Waals surface area contributed by atoms with Gasteiger partial charge in [-0.25, -0.2) is 0 Å². The molecule has 0 saturated heterocycles. The molecule has 3 heteroatoms. The predicted molar refractivity (Wildman–Crippen MR) is 88.1 cm³/mol. The topological polar surface area (TPSA) is 15.3 Å². The van der Waals surface area contributed by atoms with Crippen molar-refractivity contribution in [3.8, 4) is 0 Å². The molecule has 4 rings (SSSR count). The zero-order valence-electron chi connectivity index (χ0n) is 11.3. The second kappa shape index (κ2) is 4.81. The minimum atomic E-state index is 0.731. The molecule has 0 radical (unpaired) electrons. The van der Waals surface area contributed by atoms with Crippen molar-refractivity contribution < 1.29 is 0 Å². The third-order valence-electron chi connectivity index (χ3n) is 4.43. The van der Waals surface area contributed by atoms with E-state index in [9.17, 15) is 0 Å². The number of hydrogen-bond acceptors (Lipinski definition) is 2. The number of rotatable bonds is 1. The van der Waals surface area contributed by atoms with Gasteiger partial charge in [-0.1, -0.05) is 22.0 Å². The molecule has 0 amide bonds. The van der Waals surface area contributed by atoms with Gasteiger partial charge in [0.15, 0.2) is 0 Å². The van der Waals surface area contributed by atoms with Gasteiger partial charge < -0.3 is 10.2 Å². The molecule has 1 unspecified atom stereocenters. The van der Waals surface area contributed by atoms with Crippen LogP contribution in [-0.4, -0.2) is 13.1 Å². The van der Waals surface area contributed by atoms with Gasteiger partial charge in [0.05, 0.1) is 0 Å². The van der Waals surface area contributed by atoms with Crippen molar-refractivity contribution in [1.29, 1.82) is 0 Å². The van der Waals surface area contributed by atoms with Crippen molar-refractivity contribution in [2.24, 2.45) is 0 Å². The van der Waals surface area contributed by atoms with Crippen molar-refractivity contribution in [3.05, 3.63) is 52.5 Å². The Bertz CT molecular complexity index is 636. The first-order chi connectivity index (χ1) is 9.83. The molecule has 0 aromatic heterocycles. The van der Waals surface area contributed by atoms with Crippen LogP contribution in [0.2, 0.25) is 0 Å². The molecule has 0 bridgehead atoms. The van der Waals surface area contributed by atoms with Crippen LogP contribution in [0.3, 0.4) is 0 Å². The van der Waals surface area contributed by atoms with Crippen molar-refractivity contribution in [1.82, 2.24) is 0 Å². The molecule has 2 aromatic carbocycles. The van der Waals surface area contributed by atoms with Gasteiger partial charge in [-0.15, -0.1) is 0 Å². The minimum Gasteiger partial charge on any atom is -0.385 e. The lowest BCUT2D eigenvalue weighted by atomic mass is 9.83. The summed E-state index contributed by atoms with van der Waals surface area (Å²) in [4.78, 5) is 2.45. The van der Waals surface area contributed by atoms with E-state index in [0.717, 1.165) is 23.5 Å². The van der Waals surface area contributed by atoms with Gasteiger partial charge in [0.1, 0.15) is 0 Å². The number of hydrogen-bond donors (Lipinski definition) is 1. The van der Waals surface area contributed by atoms with Gasteiger partial charge >= 0.3 is 0 Å². The van der Waals surface area contributed by atoms with E-state index in [2.05, 4.69) is 68.6 Å². The third-order valence-corrected chi connectivity index (χ3v) is 4.96. The van der Waals surface area contributed by atoms with Crippen LogP contribution in [-0.2, 0) is 0 Å². The highest BCUT2D eigenvalue weighted by Gasteiger charge is 2.30. The summed E-state index contributed by atoms with van der Waals surface area (Å²) in [5, 5.41) is 3.55. The molecule has 20 heavy (non-hydrogen) atoms. The van der Waals surface area contributed by atoms with Gasteiger partial charge in [0, 0.05) is 40.2 Å². The monoisotopic (exact) mass is 328 g/mol. The average Bonchev–Trinajstić information content (AvgIpc) is 2.49. The number of benzene rings is 2. The molecule has 102 valence electrons. The third kappa shape index (κ3) is 1.92. The molecular formula is C17H17BrN2. The standard InChI is InChI=1S/C17H17BrN2/c18-13-4-6-14(7-5-13)20-11-9-12-8-10-19-15-2-1-3-16(20)17(12)15/h1-7,12,19H,8-11H2. The van der Waals surface area contributed by atoms with Crippen LogP contribution < -0.4 is 10.2 Å². The van der Waals surface area contributed by atoms with E-state index < -0.39 is 0 Å². The van der Waals surface area contributed by atoms with Crippen LogP contribution in [0.4, 0.5) is 17.1 Å². The molecule has 0 fully saturated rings. The fraction of sp³-hybridized carbons (Fsp3) is 0.294. The van der Waals surface area contributed by atoms with Crippen LogP contribution in [0, 0.1) is 0 Å². The molecular weight excluding hydrogens is 312 g/mol. The smallest absolute Gasteiger partial charge is 0.0466 e. The largest absolute Gasteiger partial charge is 0.385 e. The summed E-state index contributed by atoms with van der Waals surface area (Å²) in [5.41, 5.74) is 5.52. The van der Waals surface area contributed by atoms with E-state index in [1.165, 1.54) is 35.5 Å². The quantitative estimate of drug-likeness (QED) is 0.801. The van der Waals surface area contributed by atoms with Gasteiger partial charge in [0.25, 0.3) is 0 Å². The Hall–Kier alpha value is -1.48. The Kier molecular flexibility index (Phi) is 2.95. The van der Waals surface area contributed by atoms with Crippen molar-refractivity contribution in [2.45, 2.75) is 18.8 Å². The summed E-state index contributed by atoms with van der Waals surface area (Å²) in [6, 6.07) is 15.3. The molecule has 0 saturated carbocycles. The molecule has 2 aliphatic heterocycles. The molecule has 1 N–H and O–H groups in total. The molecule has 2 heterocycles. The molecule has 0 spiro atoms. The highest BCUT2D eigenvalue weighted by molar-refractivity contribution is 9.10. The lowest BCUT2D eigenvalue weighted by Crippen LogP contribution is -2.30. The maximum atomic E-state index is 3.55. The Morgan fingerprint density at radius 3 is 2.75 bits per heavy atom. The van der Waals surface area contributed by atoms with Crippen LogP contribution in [0.1, 0.15) is 24.3 Å². The summed E-state index contributed by atoms with van der Waals surface area (Å²) in [7, 11) is 0. The molecule has 0 aliphatic carbocycles. The van der Waals surface area contributed by atoms with Crippen molar-refractivity contribution >= 4 is 33.0 Å². The second-order valence-corrected chi connectivity index (χ2v) is 6.48.